The van der Waals surface area contributed by atoms with Crippen molar-refractivity contribution in [2.75, 3.05) is 7.11 Å². The maximum Gasteiger partial charge on any atom is 0.345 e. The number of hydrogen-bond donors (Lipinski definition) is 0. The van der Waals surface area contributed by atoms with Crippen molar-refractivity contribution < 1.29 is 28.2 Å². The van der Waals surface area contributed by atoms with Crippen LogP contribution in [0.3, 0.4) is 0 Å². The topological polar surface area (TPSA) is 105 Å². The largest absolute Gasteiger partial charge is 0.465 e. The normalized spacial score (nSPS) is 10.6. The van der Waals surface area contributed by atoms with Crippen molar-refractivity contribution in [3.8, 4) is 17.2 Å². The maximum absolute atomic E-state index is 13.0. The lowest BCUT2D eigenvalue weighted by molar-refractivity contribution is 0.0600. The van der Waals surface area contributed by atoms with Gasteiger partial charge < -0.3 is 18.6 Å². The van der Waals surface area contributed by atoms with Crippen LogP contribution in [0, 0.1) is 6.92 Å². The third kappa shape index (κ3) is 4.20. The molecule has 0 saturated carbocycles. The molecule has 160 valence electrons. The molecule has 0 N–H and O–H groups in total. The van der Waals surface area contributed by atoms with E-state index in [1.54, 1.807) is 37.4 Å². The van der Waals surface area contributed by atoms with Gasteiger partial charge in [-0.05, 0) is 55.5 Å². The van der Waals surface area contributed by atoms with Gasteiger partial charge in [-0.3, -0.25) is 9.78 Å². The second kappa shape index (κ2) is 8.73. The van der Waals surface area contributed by atoms with Crippen LogP contribution in [0.4, 0.5) is 0 Å². The molecular formula is C24H17NO7. The van der Waals surface area contributed by atoms with Crippen LogP contribution in [0.25, 0.3) is 11.0 Å². The standard InChI is InChI=1S/C24H17NO7/c1-14-22(31-17-7-5-15(6-8-17)23(27)29-2)21(26)19-10-9-18(12-20(19)30-14)32-24(28)16-4-3-11-25-13-16/h3-13H,1-2H3. The van der Waals surface area contributed by atoms with Gasteiger partial charge in [-0.25, -0.2) is 9.59 Å². The number of ether oxygens (including phenoxy) is 3. The molecule has 0 aliphatic heterocycles. The molecule has 0 unspecified atom stereocenters. The molecule has 0 saturated heterocycles. The summed E-state index contributed by atoms with van der Waals surface area (Å²) >= 11 is 0. The second-order valence-corrected chi connectivity index (χ2v) is 6.72. The molecule has 4 rings (SSSR count). The second-order valence-electron chi connectivity index (χ2n) is 6.72. The fraction of sp³-hybridized carbons (Fsp3) is 0.0833. The van der Waals surface area contributed by atoms with Crippen molar-refractivity contribution in [1.82, 2.24) is 4.98 Å². The first kappa shape index (κ1) is 20.8. The van der Waals surface area contributed by atoms with Crippen molar-refractivity contribution in [1.29, 1.82) is 0 Å². The van der Waals surface area contributed by atoms with Crippen LogP contribution in [0.2, 0.25) is 0 Å². The number of hydrogen-bond acceptors (Lipinski definition) is 8. The van der Waals surface area contributed by atoms with E-state index in [1.807, 2.05) is 0 Å². The summed E-state index contributed by atoms with van der Waals surface area (Å²) in [6.45, 7) is 1.59. The number of aryl methyl sites for hydroxylation is 1. The van der Waals surface area contributed by atoms with Gasteiger partial charge in [0, 0.05) is 18.5 Å². The predicted molar refractivity (Wildman–Crippen MR) is 114 cm³/mol. The lowest BCUT2D eigenvalue weighted by Crippen LogP contribution is -2.10. The Kier molecular flexibility index (Phi) is 5.67. The summed E-state index contributed by atoms with van der Waals surface area (Å²) in [7, 11) is 1.29. The molecule has 0 fully saturated rings. The van der Waals surface area contributed by atoms with E-state index in [0.717, 1.165) is 0 Å². The fourth-order valence-corrected chi connectivity index (χ4v) is 2.99. The average molecular weight is 431 g/mol. The first-order valence-electron chi connectivity index (χ1n) is 9.52. The fourth-order valence-electron chi connectivity index (χ4n) is 2.99. The Morgan fingerprint density at radius 1 is 0.938 bits per heavy atom. The van der Waals surface area contributed by atoms with Gasteiger partial charge in [0.25, 0.3) is 0 Å². The number of aromatic nitrogens is 1. The SMILES string of the molecule is COC(=O)c1ccc(Oc2c(C)oc3cc(OC(=O)c4cccnc4)ccc3c2=O)cc1. The zero-order valence-corrected chi connectivity index (χ0v) is 17.2. The molecule has 0 spiro atoms. The summed E-state index contributed by atoms with van der Waals surface area (Å²) < 4.78 is 21.5. The van der Waals surface area contributed by atoms with Crippen LogP contribution < -0.4 is 14.9 Å². The number of methoxy groups -OCH3 is 1. The van der Waals surface area contributed by atoms with E-state index in [-0.39, 0.29) is 33.7 Å². The summed E-state index contributed by atoms with van der Waals surface area (Å²) in [5.41, 5.74) is 0.519. The van der Waals surface area contributed by atoms with E-state index in [2.05, 4.69) is 9.72 Å². The molecule has 2 aromatic carbocycles. The van der Waals surface area contributed by atoms with Crippen LogP contribution in [-0.4, -0.2) is 24.0 Å². The lowest BCUT2D eigenvalue weighted by atomic mass is 10.2. The van der Waals surface area contributed by atoms with Gasteiger partial charge in [-0.2, -0.15) is 0 Å². The Morgan fingerprint density at radius 2 is 1.69 bits per heavy atom. The number of fused-ring (bicyclic) bond motifs is 1. The summed E-state index contributed by atoms with van der Waals surface area (Å²) in [5, 5.41) is 0.262. The number of pyridine rings is 1. The minimum atomic E-state index is -0.577. The van der Waals surface area contributed by atoms with Crippen molar-refractivity contribution in [2.45, 2.75) is 6.92 Å². The van der Waals surface area contributed by atoms with Gasteiger partial charge in [0.05, 0.1) is 23.6 Å². The van der Waals surface area contributed by atoms with Gasteiger partial charge in [0.15, 0.2) is 0 Å². The van der Waals surface area contributed by atoms with Gasteiger partial charge in [-0.1, -0.05) is 0 Å². The summed E-state index contributed by atoms with van der Waals surface area (Å²) in [6, 6.07) is 13.8. The monoisotopic (exact) mass is 431 g/mol. The van der Waals surface area contributed by atoms with E-state index >= 15 is 0 Å². The quantitative estimate of drug-likeness (QED) is 0.340. The minimum Gasteiger partial charge on any atom is -0.465 e. The van der Waals surface area contributed by atoms with Gasteiger partial charge in [0.1, 0.15) is 22.8 Å². The summed E-state index contributed by atoms with van der Waals surface area (Å²) in [6.07, 6.45) is 2.95. The molecule has 0 aliphatic carbocycles. The first-order chi connectivity index (χ1) is 15.5. The average Bonchev–Trinajstić information content (AvgIpc) is 2.82. The molecule has 8 heteroatoms. The van der Waals surface area contributed by atoms with Crippen molar-refractivity contribution in [3.63, 3.8) is 0 Å². The summed E-state index contributed by atoms with van der Waals surface area (Å²) in [5.74, 6) is -0.209. The minimum absolute atomic E-state index is 0.0171. The van der Waals surface area contributed by atoms with Gasteiger partial charge in [-0.15, -0.1) is 0 Å². The molecule has 0 atom stereocenters. The number of nitrogens with zero attached hydrogens (tertiary/aromatic N) is 1. The number of benzene rings is 2. The third-order valence-electron chi connectivity index (χ3n) is 4.59. The van der Waals surface area contributed by atoms with E-state index in [1.165, 1.54) is 43.6 Å². The van der Waals surface area contributed by atoms with E-state index in [0.29, 0.717) is 16.9 Å². The number of rotatable bonds is 5. The molecule has 0 radical (unpaired) electrons. The molecule has 8 nitrogen and oxygen atoms in total. The van der Waals surface area contributed by atoms with Gasteiger partial charge >= 0.3 is 11.9 Å². The van der Waals surface area contributed by atoms with Gasteiger partial charge in [0.2, 0.25) is 11.2 Å². The Labute approximate surface area is 182 Å². The highest BCUT2D eigenvalue weighted by Gasteiger charge is 2.16. The molecule has 0 aliphatic rings. The Hall–Kier alpha value is -4.46. The van der Waals surface area contributed by atoms with E-state index in [4.69, 9.17) is 13.9 Å². The molecule has 2 heterocycles. The lowest BCUT2D eigenvalue weighted by Gasteiger charge is -2.10. The van der Waals surface area contributed by atoms with Crippen molar-refractivity contribution in [3.05, 3.63) is 94.1 Å². The van der Waals surface area contributed by atoms with E-state index < -0.39 is 11.9 Å². The van der Waals surface area contributed by atoms with Crippen LogP contribution >= 0.6 is 0 Å². The summed E-state index contributed by atoms with van der Waals surface area (Å²) in [4.78, 5) is 40.6. The first-order valence-corrected chi connectivity index (χ1v) is 9.52. The smallest absolute Gasteiger partial charge is 0.345 e. The molecule has 0 bridgehead atoms. The van der Waals surface area contributed by atoms with E-state index in [9.17, 15) is 14.4 Å². The molecular weight excluding hydrogens is 414 g/mol. The molecule has 32 heavy (non-hydrogen) atoms. The Bertz CT molecular complexity index is 1360. The Balaban J connectivity index is 1.61. The predicted octanol–water partition coefficient (Wildman–Crippen LogP) is 4.29. The van der Waals surface area contributed by atoms with Crippen LogP contribution in [0.5, 0.6) is 17.2 Å². The highest BCUT2D eigenvalue weighted by Crippen LogP contribution is 2.28. The molecule has 2 aromatic heterocycles. The van der Waals surface area contributed by atoms with Crippen LogP contribution in [0.1, 0.15) is 26.5 Å². The number of carbonyl (C=O) groups is 2. The number of carbonyl (C=O) groups excluding carboxylic acids is 2. The highest BCUT2D eigenvalue weighted by atomic mass is 16.5. The Morgan fingerprint density at radius 3 is 2.38 bits per heavy atom. The zero-order valence-electron chi connectivity index (χ0n) is 17.2. The molecule has 0 amide bonds. The highest BCUT2D eigenvalue weighted by molar-refractivity contribution is 5.91. The van der Waals surface area contributed by atoms with Crippen molar-refractivity contribution >= 4 is 22.9 Å². The maximum atomic E-state index is 13.0. The van der Waals surface area contributed by atoms with Crippen LogP contribution in [-0.2, 0) is 4.74 Å². The molecule has 4 aromatic rings. The number of esters is 2. The van der Waals surface area contributed by atoms with Crippen LogP contribution in [0.15, 0.2) is 76.2 Å². The zero-order chi connectivity index (χ0) is 22.7. The van der Waals surface area contributed by atoms with Crippen molar-refractivity contribution in [2.24, 2.45) is 0 Å². The third-order valence-corrected chi connectivity index (χ3v) is 4.59.